The average Bonchev–Trinajstić information content (AvgIpc) is 2.30. The molecule has 4 heteroatoms. The number of rotatable bonds is 3. The molecule has 1 heterocycles. The van der Waals surface area contributed by atoms with Crippen molar-refractivity contribution in [1.82, 2.24) is 0 Å². The Bertz CT molecular complexity index is 351. The van der Waals surface area contributed by atoms with Crippen LogP contribution in [0.1, 0.15) is 12.8 Å². The number of halogens is 1. The van der Waals surface area contributed by atoms with E-state index in [1.54, 1.807) is 0 Å². The first-order valence-electron chi connectivity index (χ1n) is 5.46. The fraction of sp³-hybridized carbons (Fsp3) is 0.500. The van der Waals surface area contributed by atoms with Crippen LogP contribution in [-0.4, -0.2) is 30.5 Å². The largest absolute Gasteiger partial charge is 0.394 e. The van der Waals surface area contributed by atoms with Crippen molar-refractivity contribution in [2.75, 3.05) is 25.1 Å². The highest BCUT2D eigenvalue weighted by Crippen LogP contribution is 2.25. The smallest absolute Gasteiger partial charge is 0.0838 e. The van der Waals surface area contributed by atoms with Crippen LogP contribution in [0.25, 0.3) is 0 Å². The molecule has 0 aromatic heterocycles. The molecule has 0 aliphatic carbocycles. The molecule has 1 aromatic carbocycles. The van der Waals surface area contributed by atoms with Crippen molar-refractivity contribution < 1.29 is 9.84 Å². The van der Waals surface area contributed by atoms with Crippen LogP contribution in [0.15, 0.2) is 24.3 Å². The lowest BCUT2D eigenvalue weighted by Crippen LogP contribution is -2.49. The monoisotopic (exact) mass is 241 g/mol. The van der Waals surface area contributed by atoms with Crippen LogP contribution < -0.4 is 5.32 Å². The van der Waals surface area contributed by atoms with E-state index < -0.39 is 0 Å². The highest BCUT2D eigenvalue weighted by atomic mass is 35.5. The van der Waals surface area contributed by atoms with Gasteiger partial charge in [-0.2, -0.15) is 0 Å². The third-order valence-corrected chi connectivity index (χ3v) is 3.09. The molecule has 88 valence electrons. The Balaban J connectivity index is 2.11. The molecule has 1 saturated heterocycles. The normalized spacial score (nSPS) is 25.4. The van der Waals surface area contributed by atoms with E-state index in [9.17, 15) is 5.11 Å². The van der Waals surface area contributed by atoms with Gasteiger partial charge in [-0.1, -0.05) is 17.7 Å². The number of ether oxygens (including phenoxy) is 1. The fourth-order valence-corrected chi connectivity index (χ4v) is 2.18. The van der Waals surface area contributed by atoms with Crippen molar-refractivity contribution in [3.63, 3.8) is 0 Å². The van der Waals surface area contributed by atoms with Gasteiger partial charge in [0.1, 0.15) is 0 Å². The van der Waals surface area contributed by atoms with E-state index in [0.29, 0.717) is 11.6 Å². The van der Waals surface area contributed by atoms with Crippen molar-refractivity contribution in [2.24, 2.45) is 0 Å². The summed E-state index contributed by atoms with van der Waals surface area (Å²) in [5.74, 6) is 0. The van der Waals surface area contributed by atoms with Gasteiger partial charge in [0, 0.05) is 17.3 Å². The van der Waals surface area contributed by atoms with Crippen LogP contribution in [0, 0.1) is 0 Å². The van der Waals surface area contributed by atoms with E-state index in [1.807, 2.05) is 24.3 Å². The van der Waals surface area contributed by atoms with Gasteiger partial charge in [0.05, 0.1) is 18.8 Å². The summed E-state index contributed by atoms with van der Waals surface area (Å²) in [6.45, 7) is 1.38. The molecular formula is C12H16ClNO2. The maximum Gasteiger partial charge on any atom is 0.0838 e. The van der Waals surface area contributed by atoms with Crippen LogP contribution in [0.4, 0.5) is 5.69 Å². The van der Waals surface area contributed by atoms with Gasteiger partial charge in [0.15, 0.2) is 0 Å². The van der Waals surface area contributed by atoms with E-state index in [-0.39, 0.29) is 12.1 Å². The molecule has 1 aliphatic heterocycles. The van der Waals surface area contributed by atoms with Gasteiger partial charge in [-0.3, -0.25) is 0 Å². The lowest BCUT2D eigenvalue weighted by molar-refractivity contribution is 0.0217. The topological polar surface area (TPSA) is 41.5 Å². The zero-order valence-electron chi connectivity index (χ0n) is 9.08. The highest BCUT2D eigenvalue weighted by molar-refractivity contribution is 6.30. The molecule has 1 aliphatic rings. The molecule has 1 unspecified atom stereocenters. The predicted molar refractivity (Wildman–Crippen MR) is 64.9 cm³/mol. The lowest BCUT2D eigenvalue weighted by Gasteiger charge is -2.37. The summed E-state index contributed by atoms with van der Waals surface area (Å²) in [5.41, 5.74) is 0.565. The van der Waals surface area contributed by atoms with E-state index in [4.69, 9.17) is 16.3 Å². The summed E-state index contributed by atoms with van der Waals surface area (Å²) in [6, 6.07) is 7.51. The van der Waals surface area contributed by atoms with E-state index in [2.05, 4.69) is 5.32 Å². The van der Waals surface area contributed by atoms with Crippen LogP contribution in [0.2, 0.25) is 5.02 Å². The van der Waals surface area contributed by atoms with E-state index >= 15 is 0 Å². The second-order valence-electron chi connectivity index (χ2n) is 4.23. The summed E-state index contributed by atoms with van der Waals surface area (Å²) >= 11 is 5.92. The number of hydrogen-bond acceptors (Lipinski definition) is 3. The molecular weight excluding hydrogens is 226 g/mol. The first-order chi connectivity index (χ1) is 7.74. The van der Waals surface area contributed by atoms with Gasteiger partial charge in [0.2, 0.25) is 0 Å². The third kappa shape index (κ3) is 2.67. The molecule has 1 aromatic rings. The van der Waals surface area contributed by atoms with Crippen LogP contribution in [0.5, 0.6) is 0 Å². The van der Waals surface area contributed by atoms with Crippen molar-refractivity contribution >= 4 is 17.3 Å². The molecule has 2 rings (SSSR count). The molecule has 1 atom stereocenters. The Morgan fingerprint density at radius 2 is 2.38 bits per heavy atom. The minimum absolute atomic E-state index is 0.0690. The Morgan fingerprint density at radius 3 is 3.00 bits per heavy atom. The predicted octanol–water partition coefficient (Wildman–Crippen LogP) is 2.29. The summed E-state index contributed by atoms with van der Waals surface area (Å²) in [4.78, 5) is 0. The average molecular weight is 242 g/mol. The Kier molecular flexibility index (Phi) is 3.69. The molecule has 0 bridgehead atoms. The van der Waals surface area contributed by atoms with Crippen LogP contribution >= 0.6 is 11.6 Å². The van der Waals surface area contributed by atoms with E-state index in [0.717, 1.165) is 25.1 Å². The number of hydrogen-bond donors (Lipinski definition) is 2. The molecule has 16 heavy (non-hydrogen) atoms. The first-order valence-corrected chi connectivity index (χ1v) is 5.84. The number of benzene rings is 1. The Labute approximate surface area is 100 Å². The van der Waals surface area contributed by atoms with Crippen molar-refractivity contribution in [2.45, 2.75) is 18.4 Å². The maximum atomic E-state index is 9.50. The van der Waals surface area contributed by atoms with Crippen molar-refractivity contribution in [1.29, 1.82) is 0 Å². The second kappa shape index (κ2) is 5.04. The minimum atomic E-state index is -0.358. The minimum Gasteiger partial charge on any atom is -0.394 e. The lowest BCUT2D eigenvalue weighted by atomic mass is 9.93. The van der Waals surface area contributed by atoms with Gasteiger partial charge in [-0.05, 0) is 31.0 Å². The zero-order valence-corrected chi connectivity index (χ0v) is 9.83. The molecule has 0 saturated carbocycles. The molecule has 1 fully saturated rings. The van der Waals surface area contributed by atoms with Crippen LogP contribution in [-0.2, 0) is 4.74 Å². The quantitative estimate of drug-likeness (QED) is 0.853. The summed E-state index contributed by atoms with van der Waals surface area (Å²) in [5, 5.41) is 13.5. The first kappa shape index (κ1) is 11.7. The van der Waals surface area contributed by atoms with Gasteiger partial charge < -0.3 is 15.2 Å². The number of aliphatic hydroxyl groups is 1. The molecule has 0 amide bonds. The SMILES string of the molecule is OCC1(Nc2cccc(Cl)c2)CCCOC1. The molecule has 3 nitrogen and oxygen atoms in total. The van der Waals surface area contributed by atoms with E-state index in [1.165, 1.54) is 0 Å². The summed E-state index contributed by atoms with van der Waals surface area (Å²) in [6.07, 6.45) is 1.88. The number of anilines is 1. The number of aliphatic hydroxyl groups excluding tert-OH is 1. The van der Waals surface area contributed by atoms with Gasteiger partial charge in [-0.15, -0.1) is 0 Å². The zero-order chi connectivity index (χ0) is 11.4. The molecule has 0 spiro atoms. The second-order valence-corrected chi connectivity index (χ2v) is 4.67. The standard InChI is InChI=1S/C12H16ClNO2/c13-10-3-1-4-11(7-10)14-12(8-15)5-2-6-16-9-12/h1,3-4,7,14-15H,2,5-6,8-9H2. The van der Waals surface area contributed by atoms with Gasteiger partial charge >= 0.3 is 0 Å². The highest BCUT2D eigenvalue weighted by Gasteiger charge is 2.32. The molecule has 2 N–H and O–H groups in total. The Morgan fingerprint density at radius 1 is 1.50 bits per heavy atom. The Hall–Kier alpha value is -0.770. The van der Waals surface area contributed by atoms with Crippen molar-refractivity contribution in [3.8, 4) is 0 Å². The fourth-order valence-electron chi connectivity index (χ4n) is 1.99. The molecule has 0 radical (unpaired) electrons. The third-order valence-electron chi connectivity index (χ3n) is 2.86. The van der Waals surface area contributed by atoms with Crippen LogP contribution in [0.3, 0.4) is 0 Å². The van der Waals surface area contributed by atoms with Gasteiger partial charge in [-0.25, -0.2) is 0 Å². The van der Waals surface area contributed by atoms with Gasteiger partial charge in [0.25, 0.3) is 0 Å². The summed E-state index contributed by atoms with van der Waals surface area (Å²) < 4.78 is 5.42. The number of nitrogens with one attached hydrogen (secondary N) is 1. The summed E-state index contributed by atoms with van der Waals surface area (Å²) in [7, 11) is 0. The maximum absolute atomic E-state index is 9.50. The van der Waals surface area contributed by atoms with Crippen molar-refractivity contribution in [3.05, 3.63) is 29.3 Å².